The van der Waals surface area contributed by atoms with Crippen molar-refractivity contribution in [3.8, 4) is 0 Å². The third-order valence-electron chi connectivity index (χ3n) is 1.57. The number of hydrogen-bond acceptors (Lipinski definition) is 5. The number of nitrogens with zero attached hydrogens (tertiary/aromatic N) is 3. The van der Waals surface area contributed by atoms with Gasteiger partial charge in [-0.1, -0.05) is 20.8 Å². The summed E-state index contributed by atoms with van der Waals surface area (Å²) in [7, 11) is 0. The zero-order valence-corrected chi connectivity index (χ0v) is 8.02. The molecular formula is C7H14N4O2. The number of nitro groups is 1. The monoisotopic (exact) mass is 186 g/mol. The average molecular weight is 186 g/mol. The van der Waals surface area contributed by atoms with Gasteiger partial charge in [0.2, 0.25) is 0 Å². The molecule has 1 heterocycles. The summed E-state index contributed by atoms with van der Waals surface area (Å²) in [5, 5.41) is 14.2. The fraction of sp³-hybridized carbons (Fsp3) is 0.857. The van der Waals surface area contributed by atoms with E-state index in [0.29, 0.717) is 6.54 Å². The molecule has 74 valence electrons. The molecule has 1 unspecified atom stereocenters. The van der Waals surface area contributed by atoms with Crippen LogP contribution in [-0.4, -0.2) is 29.0 Å². The zero-order chi connectivity index (χ0) is 10.1. The van der Waals surface area contributed by atoms with Crippen LogP contribution < -0.4 is 5.43 Å². The third kappa shape index (κ3) is 2.57. The molecule has 0 amide bonds. The van der Waals surface area contributed by atoms with Crippen molar-refractivity contribution in [2.75, 3.05) is 6.54 Å². The SMILES string of the molecule is CC(C)(C)CN1C=NNC1[N+](=O)[O-]. The highest BCUT2D eigenvalue weighted by Gasteiger charge is 2.32. The summed E-state index contributed by atoms with van der Waals surface area (Å²) < 4.78 is 0. The molecule has 0 spiro atoms. The lowest BCUT2D eigenvalue weighted by atomic mass is 9.96. The van der Waals surface area contributed by atoms with Crippen LogP contribution in [0.25, 0.3) is 0 Å². The van der Waals surface area contributed by atoms with Crippen LogP contribution in [0.15, 0.2) is 5.10 Å². The maximum Gasteiger partial charge on any atom is 0.381 e. The molecule has 0 saturated heterocycles. The Kier molecular flexibility index (Phi) is 2.40. The van der Waals surface area contributed by atoms with Gasteiger partial charge < -0.3 is 0 Å². The molecule has 1 rings (SSSR count). The minimum absolute atomic E-state index is 0.0201. The van der Waals surface area contributed by atoms with Gasteiger partial charge in [0.05, 0.1) is 4.92 Å². The smallest absolute Gasteiger partial charge is 0.279 e. The predicted molar refractivity (Wildman–Crippen MR) is 48.6 cm³/mol. The first-order valence-corrected chi connectivity index (χ1v) is 4.08. The third-order valence-corrected chi connectivity index (χ3v) is 1.57. The quantitative estimate of drug-likeness (QED) is 0.502. The van der Waals surface area contributed by atoms with Gasteiger partial charge in [-0.25, -0.2) is 5.43 Å². The lowest BCUT2D eigenvalue weighted by Gasteiger charge is -2.25. The van der Waals surface area contributed by atoms with Crippen molar-refractivity contribution in [2.24, 2.45) is 10.5 Å². The van der Waals surface area contributed by atoms with Crippen molar-refractivity contribution in [3.63, 3.8) is 0 Å². The largest absolute Gasteiger partial charge is 0.381 e. The molecule has 6 heteroatoms. The predicted octanol–water partition coefficient (Wildman–Crippen LogP) is 0.441. The highest BCUT2D eigenvalue weighted by molar-refractivity contribution is 5.56. The van der Waals surface area contributed by atoms with Crippen molar-refractivity contribution in [1.29, 1.82) is 0 Å². The number of hydrogen-bond donors (Lipinski definition) is 1. The molecule has 0 bridgehead atoms. The van der Waals surface area contributed by atoms with Gasteiger partial charge in [0.1, 0.15) is 6.34 Å². The Bertz CT molecular complexity index is 233. The van der Waals surface area contributed by atoms with Crippen LogP contribution in [0.5, 0.6) is 0 Å². The van der Waals surface area contributed by atoms with E-state index in [-0.39, 0.29) is 5.41 Å². The van der Waals surface area contributed by atoms with Crippen molar-refractivity contribution >= 4 is 6.34 Å². The van der Waals surface area contributed by atoms with Crippen molar-refractivity contribution in [1.82, 2.24) is 10.3 Å². The Balaban J connectivity index is 2.59. The van der Waals surface area contributed by atoms with E-state index in [1.54, 1.807) is 4.90 Å². The van der Waals surface area contributed by atoms with Gasteiger partial charge in [0.15, 0.2) is 0 Å². The zero-order valence-electron chi connectivity index (χ0n) is 8.02. The normalized spacial score (nSPS) is 21.8. The van der Waals surface area contributed by atoms with Crippen LogP contribution in [0, 0.1) is 15.5 Å². The second kappa shape index (κ2) is 3.20. The topological polar surface area (TPSA) is 70.8 Å². The van der Waals surface area contributed by atoms with Crippen molar-refractivity contribution < 1.29 is 4.92 Å². The number of hydrazone groups is 1. The highest BCUT2D eigenvalue weighted by atomic mass is 16.6. The van der Waals surface area contributed by atoms with Gasteiger partial charge in [0, 0.05) is 6.54 Å². The van der Waals surface area contributed by atoms with E-state index in [1.807, 2.05) is 20.8 Å². The molecule has 0 aromatic carbocycles. The summed E-state index contributed by atoms with van der Waals surface area (Å²) in [6.45, 7) is 6.68. The average Bonchev–Trinajstić information content (AvgIpc) is 2.31. The molecule has 6 nitrogen and oxygen atoms in total. The number of nitrogens with one attached hydrogen (secondary N) is 1. The molecular weight excluding hydrogens is 172 g/mol. The molecule has 1 aliphatic rings. The van der Waals surface area contributed by atoms with Crippen LogP contribution in [0.3, 0.4) is 0 Å². The van der Waals surface area contributed by atoms with Gasteiger partial charge in [0.25, 0.3) is 0 Å². The first-order chi connectivity index (χ1) is 5.90. The Hall–Kier alpha value is -1.33. The Morgan fingerprint density at radius 3 is 2.77 bits per heavy atom. The van der Waals surface area contributed by atoms with Gasteiger partial charge >= 0.3 is 6.29 Å². The molecule has 13 heavy (non-hydrogen) atoms. The second-order valence-corrected chi connectivity index (χ2v) is 4.27. The summed E-state index contributed by atoms with van der Waals surface area (Å²) in [5.74, 6) is 0. The summed E-state index contributed by atoms with van der Waals surface area (Å²) in [5.41, 5.74) is 2.45. The highest BCUT2D eigenvalue weighted by Crippen LogP contribution is 2.16. The van der Waals surface area contributed by atoms with E-state index in [1.165, 1.54) is 6.34 Å². The molecule has 1 atom stereocenters. The maximum atomic E-state index is 10.5. The van der Waals surface area contributed by atoms with E-state index in [0.717, 1.165) is 0 Å². The first kappa shape index (κ1) is 9.76. The van der Waals surface area contributed by atoms with E-state index >= 15 is 0 Å². The van der Waals surface area contributed by atoms with E-state index in [2.05, 4.69) is 10.5 Å². The van der Waals surface area contributed by atoms with Crippen LogP contribution in [0.2, 0.25) is 0 Å². The standard InChI is InChI=1S/C7H14N4O2/c1-7(2,3)4-10-5-8-9-6(10)11(12)13/h5-6,9H,4H2,1-3H3. The fourth-order valence-corrected chi connectivity index (χ4v) is 1.15. The van der Waals surface area contributed by atoms with E-state index in [4.69, 9.17) is 0 Å². The van der Waals surface area contributed by atoms with Crippen LogP contribution in [0.4, 0.5) is 0 Å². The summed E-state index contributed by atoms with van der Waals surface area (Å²) >= 11 is 0. The van der Waals surface area contributed by atoms with Crippen molar-refractivity contribution in [3.05, 3.63) is 10.1 Å². The van der Waals surface area contributed by atoms with Crippen LogP contribution in [-0.2, 0) is 0 Å². The molecule has 0 fully saturated rings. The molecule has 1 aliphatic heterocycles. The molecule has 0 aromatic heterocycles. The molecule has 0 radical (unpaired) electrons. The van der Waals surface area contributed by atoms with Crippen LogP contribution in [0.1, 0.15) is 20.8 Å². The lowest BCUT2D eigenvalue weighted by Crippen LogP contribution is -2.46. The van der Waals surface area contributed by atoms with E-state index in [9.17, 15) is 10.1 Å². The Morgan fingerprint density at radius 1 is 1.69 bits per heavy atom. The summed E-state index contributed by atoms with van der Waals surface area (Å²) in [4.78, 5) is 11.7. The first-order valence-electron chi connectivity index (χ1n) is 4.08. The fourth-order valence-electron chi connectivity index (χ4n) is 1.15. The number of rotatable bonds is 2. The summed E-state index contributed by atoms with van der Waals surface area (Å²) in [6, 6.07) is 0. The minimum Gasteiger partial charge on any atom is -0.279 e. The van der Waals surface area contributed by atoms with Crippen molar-refractivity contribution in [2.45, 2.75) is 27.1 Å². The van der Waals surface area contributed by atoms with E-state index < -0.39 is 11.2 Å². The molecule has 0 aromatic rings. The van der Waals surface area contributed by atoms with Gasteiger partial charge in [-0.3, -0.25) is 15.0 Å². The minimum atomic E-state index is -0.903. The maximum absolute atomic E-state index is 10.5. The Labute approximate surface area is 76.8 Å². The van der Waals surface area contributed by atoms with Gasteiger partial charge in [-0.15, -0.1) is 0 Å². The van der Waals surface area contributed by atoms with Gasteiger partial charge in [-0.2, -0.15) is 5.10 Å². The molecule has 1 N–H and O–H groups in total. The van der Waals surface area contributed by atoms with Gasteiger partial charge in [-0.05, 0) is 5.41 Å². The van der Waals surface area contributed by atoms with Crippen LogP contribution >= 0.6 is 0 Å². The molecule has 0 aliphatic carbocycles. The second-order valence-electron chi connectivity index (χ2n) is 4.27. The summed E-state index contributed by atoms with van der Waals surface area (Å²) in [6.07, 6.45) is 0.567. The lowest BCUT2D eigenvalue weighted by molar-refractivity contribution is -0.549. The molecule has 0 saturated carbocycles. The Morgan fingerprint density at radius 2 is 2.31 bits per heavy atom.